The molecular weight excluding hydrogens is 378 g/mol. The molecule has 0 saturated carbocycles. The molecule has 0 aliphatic rings. The van der Waals surface area contributed by atoms with Crippen LogP contribution in [-0.4, -0.2) is 31.6 Å². The molecule has 4 rings (SSSR count). The number of pyridine rings is 2. The quantitative estimate of drug-likeness (QED) is 0.423. The third-order valence-electron chi connectivity index (χ3n) is 3.99. The van der Waals surface area contributed by atoms with Crippen LogP contribution in [0.15, 0.2) is 67.4 Å². The van der Waals surface area contributed by atoms with Gasteiger partial charge in [0.2, 0.25) is 0 Å². The van der Waals surface area contributed by atoms with Crippen LogP contribution in [0, 0.1) is 0 Å². The summed E-state index contributed by atoms with van der Waals surface area (Å²) in [6.45, 7) is 0. The molecule has 0 aliphatic carbocycles. The van der Waals surface area contributed by atoms with E-state index in [0.717, 1.165) is 0 Å². The fraction of sp³-hybridized carbons (Fsp3) is 0. The van der Waals surface area contributed by atoms with E-state index in [1.54, 1.807) is 42.6 Å². The monoisotopic (exact) mass is 389 g/mol. The van der Waals surface area contributed by atoms with Crippen molar-refractivity contribution < 1.29 is 9.59 Å². The number of carbonyl (C=O) groups excluding carboxylic acids is 2. The summed E-state index contributed by atoms with van der Waals surface area (Å²) < 4.78 is 0. The molecule has 28 heavy (non-hydrogen) atoms. The van der Waals surface area contributed by atoms with E-state index in [4.69, 9.17) is 11.6 Å². The third-order valence-corrected chi connectivity index (χ3v) is 4.20. The van der Waals surface area contributed by atoms with Crippen LogP contribution < -0.4 is 5.32 Å². The van der Waals surface area contributed by atoms with Crippen molar-refractivity contribution in [1.82, 2.24) is 19.9 Å². The van der Waals surface area contributed by atoms with Gasteiger partial charge < -0.3 is 5.32 Å². The van der Waals surface area contributed by atoms with Gasteiger partial charge in [0.25, 0.3) is 5.91 Å². The second-order valence-electron chi connectivity index (χ2n) is 5.85. The van der Waals surface area contributed by atoms with Crippen molar-refractivity contribution in [2.75, 3.05) is 5.32 Å². The lowest BCUT2D eigenvalue weighted by molar-refractivity contribution is 0.102. The van der Waals surface area contributed by atoms with Crippen molar-refractivity contribution in [2.24, 2.45) is 0 Å². The Bertz CT molecular complexity index is 1200. The Kier molecular flexibility index (Phi) is 4.74. The number of anilines is 1. The number of nitrogens with zero attached hydrogens (tertiary/aromatic N) is 4. The summed E-state index contributed by atoms with van der Waals surface area (Å²) in [6.07, 6.45) is 5.79. The number of carbonyl (C=O) groups is 2. The van der Waals surface area contributed by atoms with Crippen LogP contribution in [0.25, 0.3) is 10.9 Å². The number of rotatable bonds is 4. The molecule has 136 valence electrons. The molecule has 1 amide bonds. The Balaban J connectivity index is 1.78. The molecule has 3 aromatic heterocycles. The van der Waals surface area contributed by atoms with E-state index in [0.29, 0.717) is 27.8 Å². The lowest BCUT2D eigenvalue weighted by Gasteiger charge is -2.10. The number of benzene rings is 1. The highest BCUT2D eigenvalue weighted by Crippen LogP contribution is 2.22. The zero-order valence-electron chi connectivity index (χ0n) is 14.3. The second-order valence-corrected chi connectivity index (χ2v) is 6.24. The number of aromatic nitrogens is 4. The minimum Gasteiger partial charge on any atom is -0.306 e. The molecule has 0 saturated heterocycles. The minimum absolute atomic E-state index is 0.250. The minimum atomic E-state index is -0.447. The van der Waals surface area contributed by atoms with E-state index in [9.17, 15) is 9.59 Å². The van der Waals surface area contributed by atoms with Crippen molar-refractivity contribution in [3.8, 4) is 0 Å². The first-order valence-electron chi connectivity index (χ1n) is 8.24. The van der Waals surface area contributed by atoms with E-state index in [-0.39, 0.29) is 16.5 Å². The zero-order valence-corrected chi connectivity index (χ0v) is 15.1. The molecule has 0 atom stereocenters. The van der Waals surface area contributed by atoms with Crippen LogP contribution in [0.5, 0.6) is 0 Å². The molecule has 0 aliphatic heterocycles. The highest BCUT2D eigenvalue weighted by atomic mass is 35.5. The number of halogens is 1. The van der Waals surface area contributed by atoms with Gasteiger partial charge in [0.05, 0.1) is 16.6 Å². The van der Waals surface area contributed by atoms with Gasteiger partial charge in [-0.3, -0.25) is 14.6 Å². The Morgan fingerprint density at radius 3 is 2.57 bits per heavy atom. The summed E-state index contributed by atoms with van der Waals surface area (Å²) in [7, 11) is 0. The molecular formula is C20H12ClN5O2. The van der Waals surface area contributed by atoms with Crippen molar-refractivity contribution >= 4 is 40.0 Å². The highest BCUT2D eigenvalue weighted by molar-refractivity contribution is 6.29. The van der Waals surface area contributed by atoms with E-state index in [2.05, 4.69) is 25.3 Å². The van der Waals surface area contributed by atoms with Crippen molar-refractivity contribution in [3.05, 3.63) is 89.2 Å². The van der Waals surface area contributed by atoms with Crippen LogP contribution in [0.4, 0.5) is 5.82 Å². The van der Waals surface area contributed by atoms with Gasteiger partial charge in [-0.05, 0) is 30.3 Å². The number of amides is 1. The first-order chi connectivity index (χ1) is 13.6. The molecule has 0 unspecified atom stereocenters. The predicted octanol–water partition coefficient (Wildman–Crippen LogP) is 3.56. The summed E-state index contributed by atoms with van der Waals surface area (Å²) in [4.78, 5) is 41.8. The van der Waals surface area contributed by atoms with Gasteiger partial charge in [0.1, 0.15) is 17.3 Å². The zero-order chi connectivity index (χ0) is 19.5. The van der Waals surface area contributed by atoms with Gasteiger partial charge in [0, 0.05) is 29.5 Å². The van der Waals surface area contributed by atoms with E-state index < -0.39 is 5.91 Å². The van der Waals surface area contributed by atoms with Gasteiger partial charge >= 0.3 is 0 Å². The van der Waals surface area contributed by atoms with Crippen LogP contribution in [0.2, 0.25) is 5.15 Å². The van der Waals surface area contributed by atoms with Crippen LogP contribution in [0.1, 0.15) is 26.3 Å². The summed E-state index contributed by atoms with van der Waals surface area (Å²) in [5.41, 5.74) is 1.39. The van der Waals surface area contributed by atoms with Crippen molar-refractivity contribution in [1.29, 1.82) is 0 Å². The number of nitrogens with one attached hydrogen (secondary N) is 1. The molecule has 0 bridgehead atoms. The van der Waals surface area contributed by atoms with Gasteiger partial charge in [-0.25, -0.2) is 15.0 Å². The first kappa shape index (κ1) is 17.7. The number of fused-ring (bicyclic) bond motifs is 1. The van der Waals surface area contributed by atoms with Crippen LogP contribution in [-0.2, 0) is 0 Å². The van der Waals surface area contributed by atoms with Crippen LogP contribution >= 0.6 is 11.6 Å². The fourth-order valence-corrected chi connectivity index (χ4v) is 2.90. The van der Waals surface area contributed by atoms with E-state index >= 15 is 0 Å². The summed E-state index contributed by atoms with van der Waals surface area (Å²) >= 11 is 5.87. The van der Waals surface area contributed by atoms with E-state index in [1.165, 1.54) is 24.8 Å². The summed E-state index contributed by atoms with van der Waals surface area (Å²) in [6, 6.07) is 11.6. The van der Waals surface area contributed by atoms with Crippen molar-refractivity contribution in [2.45, 2.75) is 0 Å². The molecule has 1 aromatic carbocycles. The van der Waals surface area contributed by atoms with E-state index in [1.807, 2.05) is 0 Å². The van der Waals surface area contributed by atoms with Gasteiger partial charge in [-0.1, -0.05) is 23.7 Å². The van der Waals surface area contributed by atoms with Crippen molar-refractivity contribution in [3.63, 3.8) is 0 Å². The Morgan fingerprint density at radius 2 is 1.79 bits per heavy atom. The van der Waals surface area contributed by atoms with Gasteiger partial charge in [-0.2, -0.15) is 0 Å². The standard InChI is InChI=1S/C20H12ClN5O2/c21-16-4-1-5-17(25-16)26-20(28)15-8-13(7-12-3-2-6-24-18(12)15)19(27)14-9-22-11-23-10-14/h1-11H,(H,25,26,28). The Hall–Kier alpha value is -3.71. The second kappa shape index (κ2) is 7.50. The van der Waals surface area contributed by atoms with Gasteiger partial charge in [0.15, 0.2) is 5.78 Å². The SMILES string of the molecule is O=C(c1cncnc1)c1cc(C(=O)Nc2cccc(Cl)n2)c2ncccc2c1. The maximum Gasteiger partial charge on any atom is 0.259 e. The smallest absolute Gasteiger partial charge is 0.259 e. The number of hydrogen-bond acceptors (Lipinski definition) is 6. The summed E-state index contributed by atoms with van der Waals surface area (Å²) in [5, 5.41) is 3.61. The first-order valence-corrected chi connectivity index (χ1v) is 8.62. The molecule has 1 N–H and O–H groups in total. The largest absolute Gasteiger partial charge is 0.306 e. The Labute approximate surface area is 164 Å². The fourth-order valence-electron chi connectivity index (χ4n) is 2.74. The normalized spacial score (nSPS) is 10.6. The number of hydrogen-bond donors (Lipinski definition) is 1. The molecule has 0 fully saturated rings. The van der Waals surface area contributed by atoms with Gasteiger partial charge in [-0.15, -0.1) is 0 Å². The summed E-state index contributed by atoms with van der Waals surface area (Å²) in [5.74, 6) is -0.437. The lowest BCUT2D eigenvalue weighted by atomic mass is 9.99. The number of ketones is 1. The maximum atomic E-state index is 12.9. The average molecular weight is 390 g/mol. The molecule has 0 spiro atoms. The third kappa shape index (κ3) is 3.56. The molecule has 4 aromatic rings. The topological polar surface area (TPSA) is 97.7 Å². The molecule has 3 heterocycles. The molecule has 0 radical (unpaired) electrons. The average Bonchev–Trinajstić information content (AvgIpc) is 2.73. The van der Waals surface area contributed by atoms with Crippen LogP contribution in [0.3, 0.4) is 0 Å². The predicted molar refractivity (Wildman–Crippen MR) is 104 cm³/mol. The Morgan fingerprint density at radius 1 is 0.964 bits per heavy atom. The lowest BCUT2D eigenvalue weighted by Crippen LogP contribution is -2.15. The maximum absolute atomic E-state index is 12.9. The highest BCUT2D eigenvalue weighted by Gasteiger charge is 2.18. The molecule has 8 heteroatoms. The molecule has 7 nitrogen and oxygen atoms in total.